The molecule has 0 bridgehead atoms. The molecule has 0 aromatic heterocycles. The van der Waals surface area contributed by atoms with E-state index in [-0.39, 0.29) is 11.8 Å². The van der Waals surface area contributed by atoms with Crippen LogP contribution in [0.25, 0.3) is 5.57 Å². The average molecular weight is 388 g/mol. The first-order chi connectivity index (χ1) is 12.5. The summed E-state index contributed by atoms with van der Waals surface area (Å²) in [5.41, 5.74) is 2.48. The molecule has 0 saturated heterocycles. The Kier molecular flexibility index (Phi) is 5.39. The summed E-state index contributed by atoms with van der Waals surface area (Å²) in [5.74, 6) is 0.734. The van der Waals surface area contributed by atoms with E-state index >= 15 is 0 Å². The molecule has 0 fully saturated rings. The number of methoxy groups -OCH3 is 1. The number of rotatable bonds is 5. The number of benzene rings is 2. The van der Waals surface area contributed by atoms with Crippen molar-refractivity contribution in [3.63, 3.8) is 0 Å². The van der Waals surface area contributed by atoms with Crippen molar-refractivity contribution >= 4 is 46.4 Å². The molecule has 1 aliphatic rings. The van der Waals surface area contributed by atoms with E-state index < -0.39 is 0 Å². The summed E-state index contributed by atoms with van der Waals surface area (Å²) >= 11 is 7.56. The first kappa shape index (κ1) is 18.5. The highest BCUT2D eigenvalue weighted by molar-refractivity contribution is 8.04. The van der Waals surface area contributed by atoms with Crippen molar-refractivity contribution < 1.29 is 14.3 Å². The van der Waals surface area contributed by atoms with E-state index in [1.54, 1.807) is 49.6 Å². The molecule has 2 aromatic rings. The Morgan fingerprint density at radius 1 is 1.08 bits per heavy atom. The predicted molar refractivity (Wildman–Crippen MR) is 107 cm³/mol. The molecule has 2 amide bonds. The van der Waals surface area contributed by atoms with Gasteiger partial charge in [-0.1, -0.05) is 36.7 Å². The highest BCUT2D eigenvalue weighted by atomic mass is 35.5. The lowest BCUT2D eigenvalue weighted by Gasteiger charge is -2.16. The zero-order valence-corrected chi connectivity index (χ0v) is 16.3. The van der Waals surface area contributed by atoms with Crippen LogP contribution in [0.5, 0.6) is 5.75 Å². The van der Waals surface area contributed by atoms with Gasteiger partial charge >= 0.3 is 0 Å². The summed E-state index contributed by atoms with van der Waals surface area (Å²) in [6, 6.07) is 12.3. The molecule has 4 nitrogen and oxygen atoms in total. The summed E-state index contributed by atoms with van der Waals surface area (Å²) in [4.78, 5) is 27.7. The quantitative estimate of drug-likeness (QED) is 0.698. The average Bonchev–Trinajstić information content (AvgIpc) is 2.88. The van der Waals surface area contributed by atoms with Crippen molar-refractivity contribution in [3.05, 3.63) is 63.5 Å². The van der Waals surface area contributed by atoms with Crippen molar-refractivity contribution in [2.45, 2.75) is 13.8 Å². The Hall–Kier alpha value is -2.24. The molecule has 0 radical (unpaired) electrons. The molecule has 0 atom stereocenters. The summed E-state index contributed by atoms with van der Waals surface area (Å²) in [7, 11) is 1.58. The minimum absolute atomic E-state index is 0.312. The van der Waals surface area contributed by atoms with E-state index in [9.17, 15) is 9.59 Å². The van der Waals surface area contributed by atoms with Gasteiger partial charge in [0.2, 0.25) is 0 Å². The molecular weight excluding hydrogens is 370 g/mol. The zero-order valence-electron chi connectivity index (χ0n) is 14.7. The molecule has 134 valence electrons. The number of carbonyl (C=O) groups is 2. The Morgan fingerprint density at radius 2 is 1.77 bits per heavy atom. The second kappa shape index (κ2) is 7.56. The topological polar surface area (TPSA) is 46.6 Å². The van der Waals surface area contributed by atoms with Gasteiger partial charge in [0.1, 0.15) is 5.75 Å². The van der Waals surface area contributed by atoms with Gasteiger partial charge in [0.05, 0.1) is 23.3 Å². The fourth-order valence-electron chi connectivity index (χ4n) is 2.76. The van der Waals surface area contributed by atoms with Gasteiger partial charge < -0.3 is 4.74 Å². The largest absolute Gasteiger partial charge is 0.497 e. The zero-order chi connectivity index (χ0) is 18.8. The van der Waals surface area contributed by atoms with Crippen LogP contribution in [0.4, 0.5) is 5.69 Å². The van der Waals surface area contributed by atoms with Gasteiger partial charge in [0.25, 0.3) is 11.8 Å². The molecule has 0 saturated carbocycles. The Morgan fingerprint density at radius 3 is 2.35 bits per heavy atom. The third-order valence-electron chi connectivity index (χ3n) is 4.12. The summed E-state index contributed by atoms with van der Waals surface area (Å²) in [6.07, 6.45) is 0. The van der Waals surface area contributed by atoms with Crippen molar-refractivity contribution in [2.24, 2.45) is 0 Å². The summed E-state index contributed by atoms with van der Waals surface area (Å²) in [6.45, 7) is 3.83. The normalized spacial score (nSPS) is 14.4. The minimum atomic E-state index is -0.337. The van der Waals surface area contributed by atoms with Crippen molar-refractivity contribution in [1.29, 1.82) is 0 Å². The number of carbonyl (C=O) groups excluding carboxylic acids is 2. The minimum Gasteiger partial charge on any atom is -0.497 e. The van der Waals surface area contributed by atoms with Crippen LogP contribution in [0.1, 0.15) is 18.1 Å². The standard InChI is InChI=1S/C20H18ClNO3S/c1-4-26-18-17(13-6-9-15(25-3)10-7-13)19(23)22(20(18)24)14-8-5-12(2)16(21)11-14/h5-11H,4H2,1-3H3. The first-order valence-corrected chi connectivity index (χ1v) is 9.50. The van der Waals surface area contributed by atoms with Crippen LogP contribution >= 0.6 is 23.4 Å². The number of amides is 2. The number of hydrogen-bond donors (Lipinski definition) is 0. The van der Waals surface area contributed by atoms with Crippen LogP contribution in [0.15, 0.2) is 47.4 Å². The molecule has 1 heterocycles. The van der Waals surface area contributed by atoms with Gasteiger partial charge in [0, 0.05) is 5.02 Å². The van der Waals surface area contributed by atoms with Gasteiger partial charge in [-0.05, 0) is 48.1 Å². The van der Waals surface area contributed by atoms with Crippen LogP contribution in [0, 0.1) is 6.92 Å². The molecule has 0 N–H and O–H groups in total. The van der Waals surface area contributed by atoms with Crippen LogP contribution in [0.2, 0.25) is 5.02 Å². The number of hydrogen-bond acceptors (Lipinski definition) is 4. The van der Waals surface area contributed by atoms with Crippen LogP contribution < -0.4 is 9.64 Å². The second-order valence-electron chi connectivity index (χ2n) is 5.74. The predicted octanol–water partition coefficient (Wildman–Crippen LogP) is 4.69. The van der Waals surface area contributed by atoms with Gasteiger partial charge in [-0.2, -0.15) is 0 Å². The van der Waals surface area contributed by atoms with E-state index in [0.717, 1.165) is 5.56 Å². The molecule has 0 unspecified atom stereocenters. The second-order valence-corrected chi connectivity index (χ2v) is 7.43. The fourth-order valence-corrected chi connectivity index (χ4v) is 3.78. The lowest BCUT2D eigenvalue weighted by molar-refractivity contribution is -0.119. The number of nitrogens with zero attached hydrogens (tertiary/aromatic N) is 1. The van der Waals surface area contributed by atoms with Gasteiger partial charge in [-0.15, -0.1) is 11.8 Å². The number of aryl methyl sites for hydroxylation is 1. The number of halogens is 1. The van der Waals surface area contributed by atoms with Crippen LogP contribution in [-0.2, 0) is 9.59 Å². The lowest BCUT2D eigenvalue weighted by atomic mass is 10.1. The SMILES string of the molecule is CCSC1=C(c2ccc(OC)cc2)C(=O)N(c2ccc(C)c(Cl)c2)C1=O. The van der Waals surface area contributed by atoms with E-state index in [1.165, 1.54) is 16.7 Å². The molecule has 6 heteroatoms. The fraction of sp³-hybridized carbons (Fsp3) is 0.200. The van der Waals surface area contributed by atoms with Crippen LogP contribution in [0.3, 0.4) is 0 Å². The van der Waals surface area contributed by atoms with Gasteiger partial charge in [-0.25, -0.2) is 4.90 Å². The van der Waals surface area contributed by atoms with Crippen molar-refractivity contribution in [1.82, 2.24) is 0 Å². The van der Waals surface area contributed by atoms with E-state index in [0.29, 0.717) is 38.3 Å². The Balaban J connectivity index is 2.07. The first-order valence-electron chi connectivity index (χ1n) is 8.14. The van der Waals surface area contributed by atoms with Gasteiger partial charge in [-0.3, -0.25) is 9.59 Å². The monoisotopic (exact) mass is 387 g/mol. The van der Waals surface area contributed by atoms with Crippen molar-refractivity contribution in [3.8, 4) is 5.75 Å². The molecule has 26 heavy (non-hydrogen) atoms. The van der Waals surface area contributed by atoms with E-state index in [2.05, 4.69) is 0 Å². The molecular formula is C20H18ClNO3S. The smallest absolute Gasteiger partial charge is 0.272 e. The molecule has 3 rings (SSSR count). The summed E-state index contributed by atoms with van der Waals surface area (Å²) in [5, 5.41) is 0.519. The van der Waals surface area contributed by atoms with Crippen molar-refractivity contribution in [2.75, 3.05) is 17.8 Å². The van der Waals surface area contributed by atoms with Crippen LogP contribution in [-0.4, -0.2) is 24.7 Å². The molecule has 2 aromatic carbocycles. The third kappa shape index (κ3) is 3.24. The third-order valence-corrected chi connectivity index (χ3v) is 5.49. The number of thioether (sulfide) groups is 1. The van der Waals surface area contributed by atoms with Gasteiger partial charge in [0.15, 0.2) is 0 Å². The van der Waals surface area contributed by atoms with E-state index in [4.69, 9.17) is 16.3 Å². The Labute approximate surface area is 161 Å². The number of ether oxygens (including phenoxy) is 1. The highest BCUT2D eigenvalue weighted by Gasteiger charge is 2.40. The highest BCUT2D eigenvalue weighted by Crippen LogP contribution is 2.39. The molecule has 0 aliphatic carbocycles. The maximum atomic E-state index is 13.1. The maximum Gasteiger partial charge on any atom is 0.272 e. The number of imide groups is 1. The molecule has 1 aliphatic heterocycles. The number of anilines is 1. The maximum absolute atomic E-state index is 13.1. The molecule has 0 spiro atoms. The lowest BCUT2D eigenvalue weighted by Crippen LogP contribution is -2.31. The Bertz CT molecular complexity index is 906. The van der Waals surface area contributed by atoms with E-state index in [1.807, 2.05) is 13.8 Å². The summed E-state index contributed by atoms with van der Waals surface area (Å²) < 4.78 is 5.17.